The van der Waals surface area contributed by atoms with Crippen molar-refractivity contribution in [1.82, 2.24) is 0 Å². The molecule has 0 heterocycles. The summed E-state index contributed by atoms with van der Waals surface area (Å²) in [6.07, 6.45) is -1.87. The number of hydrogen-bond donors (Lipinski definition) is 1. The summed E-state index contributed by atoms with van der Waals surface area (Å²) in [5.74, 6) is -2.12. The van der Waals surface area contributed by atoms with Crippen LogP contribution in [0.3, 0.4) is 0 Å². The highest BCUT2D eigenvalue weighted by atomic mass is 35.5. The quantitative estimate of drug-likeness (QED) is 0.243. The maximum atomic E-state index is 13.1. The predicted octanol–water partition coefficient (Wildman–Crippen LogP) is 6.12. The van der Waals surface area contributed by atoms with Crippen molar-refractivity contribution in [3.8, 4) is 0 Å². The lowest BCUT2D eigenvalue weighted by Crippen LogP contribution is -2.35. The number of aliphatic imine (C=N–C) groups is 1. The van der Waals surface area contributed by atoms with Gasteiger partial charge >= 0.3 is 12.1 Å². The first kappa shape index (κ1) is 25.5. The third-order valence-electron chi connectivity index (χ3n) is 4.78. The molecule has 178 valence electrons. The Balaban J connectivity index is 1.93. The number of Topliss-reactive ketones (excluding diaryl/α,β-unsaturated/α-hetero) is 1. The molecule has 3 aromatic rings. The number of nitrogens with zero attached hydrogens (tertiary/aromatic N) is 2. The second-order valence-corrected chi connectivity index (χ2v) is 7.64. The van der Waals surface area contributed by atoms with Gasteiger partial charge in [-0.05, 0) is 48.0 Å². The number of alkyl halides is 3. The van der Waals surface area contributed by atoms with Crippen LogP contribution in [-0.4, -0.2) is 17.9 Å². The topological polar surface area (TPSA) is 75.8 Å². The zero-order valence-corrected chi connectivity index (χ0v) is 18.9. The average Bonchev–Trinajstić information content (AvgIpc) is 2.84. The fourth-order valence-electron chi connectivity index (χ4n) is 3.02. The second kappa shape index (κ2) is 10.8. The highest BCUT2D eigenvalue weighted by Gasteiger charge is 2.31. The highest BCUT2D eigenvalue weighted by molar-refractivity contribution is 6.47. The lowest BCUT2D eigenvalue weighted by Gasteiger charge is -2.22. The molecule has 0 aliphatic carbocycles. The minimum absolute atomic E-state index is 0.0128. The number of hydrogen-bond acceptors (Lipinski definition) is 4. The summed E-state index contributed by atoms with van der Waals surface area (Å²) in [7, 11) is 0. The van der Waals surface area contributed by atoms with Crippen molar-refractivity contribution in [1.29, 1.82) is 0 Å². The molecule has 0 aliphatic rings. The molecule has 0 fully saturated rings. The molecule has 5 nitrogen and oxygen atoms in total. The lowest BCUT2D eigenvalue weighted by molar-refractivity contribution is -0.137. The first-order chi connectivity index (χ1) is 16.6. The van der Waals surface area contributed by atoms with Gasteiger partial charge in [-0.3, -0.25) is 14.5 Å². The van der Waals surface area contributed by atoms with Crippen molar-refractivity contribution >= 4 is 40.9 Å². The SMILES string of the molecule is C=C(N=C/C=C(\N)c1cccc(Cl)c1)N(C(=O)C(=O)c1ccccc1)c1ccc(C(F)(F)F)cc1. The Morgan fingerprint density at radius 3 is 2.17 bits per heavy atom. The maximum Gasteiger partial charge on any atom is 0.416 e. The number of anilines is 1. The largest absolute Gasteiger partial charge is 0.416 e. The van der Waals surface area contributed by atoms with E-state index in [1.807, 2.05) is 0 Å². The number of ketones is 1. The Morgan fingerprint density at radius 2 is 1.57 bits per heavy atom. The molecule has 0 unspecified atom stereocenters. The standard InChI is InChI=1S/C26H19ClF3N3O2/c1-17(32-15-14-23(31)19-8-5-9-21(27)16-19)33(22-12-10-20(11-13-22)26(28,29)30)25(35)24(34)18-6-3-2-4-7-18/h2-16H,1,31H2/b23-14-,32-15?. The number of halogens is 4. The van der Waals surface area contributed by atoms with Crippen molar-refractivity contribution in [2.24, 2.45) is 10.7 Å². The van der Waals surface area contributed by atoms with Gasteiger partial charge in [0.1, 0.15) is 5.82 Å². The Hall–Kier alpha value is -4.17. The van der Waals surface area contributed by atoms with E-state index in [2.05, 4.69) is 11.6 Å². The number of carbonyl (C=O) groups is 2. The van der Waals surface area contributed by atoms with Crippen molar-refractivity contribution in [2.45, 2.75) is 6.18 Å². The van der Waals surface area contributed by atoms with Gasteiger partial charge in [0.2, 0.25) is 0 Å². The fourth-order valence-corrected chi connectivity index (χ4v) is 3.21. The number of amides is 1. The average molecular weight is 498 g/mol. The van der Waals surface area contributed by atoms with Gasteiger partial charge in [0.05, 0.1) is 11.3 Å². The van der Waals surface area contributed by atoms with Crippen molar-refractivity contribution in [3.05, 3.63) is 119 Å². The normalized spacial score (nSPS) is 11.9. The highest BCUT2D eigenvalue weighted by Crippen LogP contribution is 2.31. The molecule has 0 spiro atoms. The van der Waals surface area contributed by atoms with Crippen LogP contribution in [0.2, 0.25) is 5.02 Å². The van der Waals surface area contributed by atoms with Gasteiger partial charge in [0, 0.05) is 22.5 Å². The lowest BCUT2D eigenvalue weighted by atomic mass is 10.1. The second-order valence-electron chi connectivity index (χ2n) is 7.21. The van der Waals surface area contributed by atoms with Crippen LogP contribution in [0.5, 0.6) is 0 Å². The molecule has 0 saturated heterocycles. The summed E-state index contributed by atoms with van der Waals surface area (Å²) >= 11 is 5.96. The molecule has 9 heteroatoms. The van der Waals surface area contributed by atoms with E-state index in [1.54, 1.807) is 42.5 Å². The molecule has 0 bridgehead atoms. The van der Waals surface area contributed by atoms with Crippen LogP contribution in [0.1, 0.15) is 21.5 Å². The molecule has 0 atom stereocenters. The van der Waals surface area contributed by atoms with Gasteiger partial charge in [-0.25, -0.2) is 4.99 Å². The van der Waals surface area contributed by atoms with Crippen LogP contribution in [0.4, 0.5) is 18.9 Å². The van der Waals surface area contributed by atoms with Crippen LogP contribution in [-0.2, 0) is 11.0 Å². The van der Waals surface area contributed by atoms with Crippen molar-refractivity contribution in [2.75, 3.05) is 4.90 Å². The zero-order valence-electron chi connectivity index (χ0n) is 18.2. The Morgan fingerprint density at radius 1 is 0.943 bits per heavy atom. The summed E-state index contributed by atoms with van der Waals surface area (Å²) < 4.78 is 39.0. The molecule has 3 rings (SSSR count). The summed E-state index contributed by atoms with van der Waals surface area (Å²) in [6.45, 7) is 3.72. The van der Waals surface area contributed by atoms with Crippen LogP contribution < -0.4 is 10.6 Å². The monoisotopic (exact) mass is 497 g/mol. The van der Waals surface area contributed by atoms with E-state index in [1.165, 1.54) is 24.4 Å². The maximum absolute atomic E-state index is 13.1. The molecule has 3 aromatic carbocycles. The van der Waals surface area contributed by atoms with Crippen molar-refractivity contribution < 1.29 is 22.8 Å². The van der Waals surface area contributed by atoms with E-state index in [9.17, 15) is 22.8 Å². The third kappa shape index (κ3) is 6.45. The molecule has 35 heavy (non-hydrogen) atoms. The van der Waals surface area contributed by atoms with Gasteiger partial charge in [-0.15, -0.1) is 0 Å². The minimum atomic E-state index is -4.56. The van der Waals surface area contributed by atoms with E-state index in [0.29, 0.717) is 16.3 Å². The van der Waals surface area contributed by atoms with Gasteiger partial charge < -0.3 is 5.73 Å². The molecule has 0 saturated carbocycles. The number of carbonyl (C=O) groups excluding carboxylic acids is 2. The Bertz CT molecular complexity index is 1300. The molecular weight excluding hydrogens is 479 g/mol. The number of allylic oxidation sites excluding steroid dienone is 1. The van der Waals surface area contributed by atoms with E-state index in [0.717, 1.165) is 29.2 Å². The van der Waals surface area contributed by atoms with Crippen LogP contribution in [0.25, 0.3) is 5.70 Å². The predicted molar refractivity (Wildman–Crippen MR) is 131 cm³/mol. The summed E-state index contributed by atoms with van der Waals surface area (Å²) in [5.41, 5.74) is 6.15. The summed E-state index contributed by atoms with van der Waals surface area (Å²) in [5, 5.41) is 0.485. The Labute approximate surface area is 204 Å². The van der Waals surface area contributed by atoms with Gasteiger partial charge in [0.15, 0.2) is 0 Å². The van der Waals surface area contributed by atoms with E-state index in [4.69, 9.17) is 17.3 Å². The van der Waals surface area contributed by atoms with Crippen molar-refractivity contribution in [3.63, 3.8) is 0 Å². The number of benzene rings is 3. The molecule has 1 amide bonds. The molecular formula is C26H19ClF3N3O2. The van der Waals surface area contributed by atoms with Gasteiger partial charge in [-0.2, -0.15) is 13.2 Å². The zero-order chi connectivity index (χ0) is 25.6. The molecule has 0 aliphatic heterocycles. The number of nitrogens with two attached hydrogens (primary N) is 1. The first-order valence-corrected chi connectivity index (χ1v) is 10.5. The van der Waals surface area contributed by atoms with Crippen LogP contribution in [0, 0.1) is 0 Å². The molecule has 0 aromatic heterocycles. The summed E-state index contributed by atoms with van der Waals surface area (Å²) in [6, 6.07) is 18.3. The van der Waals surface area contributed by atoms with E-state index in [-0.39, 0.29) is 17.1 Å². The van der Waals surface area contributed by atoms with Gasteiger partial charge in [0.25, 0.3) is 5.78 Å². The molecule has 2 N–H and O–H groups in total. The summed E-state index contributed by atoms with van der Waals surface area (Å²) in [4.78, 5) is 30.8. The fraction of sp³-hybridized carbons (Fsp3) is 0.0385. The van der Waals surface area contributed by atoms with E-state index >= 15 is 0 Å². The van der Waals surface area contributed by atoms with Gasteiger partial charge in [-0.1, -0.05) is 60.6 Å². The molecule has 0 radical (unpaired) electrons. The van der Waals surface area contributed by atoms with Crippen LogP contribution in [0.15, 0.2) is 102 Å². The smallest absolute Gasteiger partial charge is 0.398 e. The number of rotatable bonds is 7. The van der Waals surface area contributed by atoms with E-state index < -0.39 is 23.4 Å². The first-order valence-electron chi connectivity index (χ1n) is 10.1. The third-order valence-corrected chi connectivity index (χ3v) is 5.01. The Kier molecular flexibility index (Phi) is 7.88. The van der Waals surface area contributed by atoms with Crippen LogP contribution >= 0.6 is 11.6 Å². The minimum Gasteiger partial charge on any atom is -0.398 e.